The standard InChI is InChI=1S/C18H20N4O4/c1-26-15-5-2-13(3-6-15)20-18(23)16-12-14(22(24)25)4-7-17(16)21-10-8-19-9-11-21/h2-7,12,19H,8-11H2,1H3,(H,20,23)/p+1. The van der Waals surface area contributed by atoms with Gasteiger partial charge in [0.05, 0.1) is 49.5 Å². The van der Waals surface area contributed by atoms with Gasteiger partial charge >= 0.3 is 0 Å². The van der Waals surface area contributed by atoms with Crippen molar-refractivity contribution in [3.05, 3.63) is 58.1 Å². The van der Waals surface area contributed by atoms with E-state index in [1.807, 2.05) is 0 Å². The molecule has 1 aliphatic heterocycles. The molecule has 3 rings (SSSR count). The molecule has 0 bridgehead atoms. The van der Waals surface area contributed by atoms with Gasteiger partial charge in [-0.1, -0.05) is 0 Å². The Morgan fingerprint density at radius 1 is 1.19 bits per heavy atom. The number of amides is 1. The zero-order valence-electron chi connectivity index (χ0n) is 14.5. The first-order valence-electron chi connectivity index (χ1n) is 8.39. The van der Waals surface area contributed by atoms with Crippen LogP contribution in [0.25, 0.3) is 0 Å². The van der Waals surface area contributed by atoms with E-state index in [0.29, 0.717) is 17.0 Å². The second kappa shape index (κ2) is 7.83. The molecule has 8 nitrogen and oxygen atoms in total. The molecule has 1 aliphatic rings. The smallest absolute Gasteiger partial charge is 0.270 e. The molecule has 0 aromatic heterocycles. The van der Waals surface area contributed by atoms with Gasteiger partial charge in [-0.3, -0.25) is 14.9 Å². The Bertz CT molecular complexity index is 801. The van der Waals surface area contributed by atoms with E-state index in [2.05, 4.69) is 15.5 Å². The number of nitrogens with two attached hydrogens (primary N) is 1. The Morgan fingerprint density at radius 2 is 1.88 bits per heavy atom. The first-order valence-corrected chi connectivity index (χ1v) is 8.39. The van der Waals surface area contributed by atoms with Crippen molar-refractivity contribution >= 4 is 23.0 Å². The van der Waals surface area contributed by atoms with E-state index in [4.69, 9.17) is 4.74 Å². The fourth-order valence-corrected chi connectivity index (χ4v) is 2.96. The number of nitrogens with zero attached hydrogens (tertiary/aromatic N) is 2. The van der Waals surface area contributed by atoms with Crippen LogP contribution in [0, 0.1) is 10.1 Å². The molecule has 0 spiro atoms. The third kappa shape index (κ3) is 3.92. The molecule has 8 heteroatoms. The molecule has 0 unspecified atom stereocenters. The number of hydrogen-bond acceptors (Lipinski definition) is 5. The zero-order valence-corrected chi connectivity index (χ0v) is 14.5. The molecule has 136 valence electrons. The third-order valence-electron chi connectivity index (χ3n) is 4.33. The predicted molar refractivity (Wildman–Crippen MR) is 97.9 cm³/mol. The summed E-state index contributed by atoms with van der Waals surface area (Å²) < 4.78 is 5.10. The number of quaternary nitrogens is 1. The molecule has 1 heterocycles. The second-order valence-electron chi connectivity index (χ2n) is 5.99. The lowest BCUT2D eigenvalue weighted by Crippen LogP contribution is -2.89. The number of nitrogens with one attached hydrogen (secondary N) is 1. The molecule has 1 saturated heterocycles. The summed E-state index contributed by atoms with van der Waals surface area (Å²) in [5.41, 5.74) is 1.52. The highest BCUT2D eigenvalue weighted by atomic mass is 16.6. The summed E-state index contributed by atoms with van der Waals surface area (Å²) in [6.45, 7) is 3.44. The van der Waals surface area contributed by atoms with Crippen LogP contribution in [0.5, 0.6) is 5.75 Å². The number of nitro groups is 1. The Kier molecular flexibility index (Phi) is 5.33. The fourth-order valence-electron chi connectivity index (χ4n) is 2.96. The number of carbonyl (C=O) groups excluding carboxylic acids is 1. The third-order valence-corrected chi connectivity index (χ3v) is 4.33. The molecule has 0 atom stereocenters. The molecule has 0 saturated carbocycles. The summed E-state index contributed by atoms with van der Waals surface area (Å²) in [6.07, 6.45) is 0. The van der Waals surface area contributed by atoms with E-state index in [-0.39, 0.29) is 11.6 Å². The fraction of sp³-hybridized carbons (Fsp3) is 0.278. The van der Waals surface area contributed by atoms with Crippen molar-refractivity contribution in [2.75, 3.05) is 43.5 Å². The first kappa shape index (κ1) is 17.7. The summed E-state index contributed by atoms with van der Waals surface area (Å²) in [5, 5.41) is 16.1. The molecule has 0 radical (unpaired) electrons. The molecule has 1 fully saturated rings. The number of anilines is 2. The van der Waals surface area contributed by atoms with Crippen LogP contribution in [-0.4, -0.2) is 44.1 Å². The van der Waals surface area contributed by atoms with E-state index in [9.17, 15) is 14.9 Å². The Balaban J connectivity index is 1.90. The number of non-ortho nitro benzene ring substituents is 1. The van der Waals surface area contributed by atoms with Crippen molar-refractivity contribution in [2.24, 2.45) is 0 Å². The van der Waals surface area contributed by atoms with Crippen molar-refractivity contribution in [3.63, 3.8) is 0 Å². The van der Waals surface area contributed by atoms with Crippen LogP contribution in [0.2, 0.25) is 0 Å². The van der Waals surface area contributed by atoms with Gasteiger partial charge in [-0.2, -0.15) is 0 Å². The minimum Gasteiger partial charge on any atom is -0.497 e. The summed E-state index contributed by atoms with van der Waals surface area (Å²) in [4.78, 5) is 25.5. The molecule has 2 aromatic carbocycles. The van der Waals surface area contributed by atoms with Crippen LogP contribution in [0.3, 0.4) is 0 Å². The number of hydrogen-bond donors (Lipinski definition) is 2. The highest BCUT2D eigenvalue weighted by Crippen LogP contribution is 2.27. The van der Waals surface area contributed by atoms with Crippen molar-refractivity contribution in [1.29, 1.82) is 0 Å². The van der Waals surface area contributed by atoms with Gasteiger partial charge in [-0.15, -0.1) is 0 Å². The topological polar surface area (TPSA) is 101 Å². The maximum absolute atomic E-state index is 12.8. The van der Waals surface area contributed by atoms with Crippen LogP contribution in [0.15, 0.2) is 42.5 Å². The zero-order chi connectivity index (χ0) is 18.5. The van der Waals surface area contributed by atoms with Crippen molar-refractivity contribution in [1.82, 2.24) is 0 Å². The van der Waals surface area contributed by atoms with Crippen molar-refractivity contribution in [2.45, 2.75) is 0 Å². The normalized spacial score (nSPS) is 14.0. The van der Waals surface area contributed by atoms with Crippen LogP contribution in [0.4, 0.5) is 17.1 Å². The lowest BCUT2D eigenvalue weighted by molar-refractivity contribution is -0.655. The molecule has 1 amide bonds. The van der Waals surface area contributed by atoms with Gasteiger partial charge in [0.25, 0.3) is 11.6 Å². The second-order valence-corrected chi connectivity index (χ2v) is 5.99. The summed E-state index contributed by atoms with van der Waals surface area (Å²) in [7, 11) is 1.57. The molecule has 2 aromatic rings. The number of nitro benzene ring substituents is 1. The van der Waals surface area contributed by atoms with Crippen LogP contribution < -0.4 is 20.3 Å². The Morgan fingerprint density at radius 3 is 2.50 bits per heavy atom. The summed E-state index contributed by atoms with van der Waals surface area (Å²) in [5.74, 6) is 0.312. The van der Waals surface area contributed by atoms with Gasteiger partial charge in [-0.25, -0.2) is 0 Å². The van der Waals surface area contributed by atoms with E-state index < -0.39 is 4.92 Å². The van der Waals surface area contributed by atoms with Crippen LogP contribution in [0.1, 0.15) is 10.4 Å². The number of rotatable bonds is 5. The lowest BCUT2D eigenvalue weighted by atomic mass is 10.1. The molecular weight excluding hydrogens is 336 g/mol. The van der Waals surface area contributed by atoms with E-state index in [1.165, 1.54) is 12.1 Å². The number of carbonyl (C=O) groups is 1. The average Bonchev–Trinajstić information content (AvgIpc) is 2.68. The largest absolute Gasteiger partial charge is 0.497 e. The van der Waals surface area contributed by atoms with Gasteiger partial charge in [0, 0.05) is 17.8 Å². The highest BCUT2D eigenvalue weighted by molar-refractivity contribution is 6.08. The monoisotopic (exact) mass is 357 g/mol. The van der Waals surface area contributed by atoms with Crippen LogP contribution >= 0.6 is 0 Å². The number of piperazine rings is 1. The van der Waals surface area contributed by atoms with E-state index >= 15 is 0 Å². The summed E-state index contributed by atoms with van der Waals surface area (Å²) >= 11 is 0. The Hall–Kier alpha value is -3.13. The molecule has 0 aliphatic carbocycles. The minimum absolute atomic E-state index is 0.0998. The maximum Gasteiger partial charge on any atom is 0.270 e. The molecular formula is C18H21N4O4+. The highest BCUT2D eigenvalue weighted by Gasteiger charge is 2.22. The lowest BCUT2D eigenvalue weighted by Gasteiger charge is -2.28. The SMILES string of the molecule is COc1ccc(NC(=O)c2cc([N+](=O)[O-])ccc2N2CC[NH2+]CC2)cc1. The summed E-state index contributed by atoms with van der Waals surface area (Å²) in [6, 6.07) is 11.4. The van der Waals surface area contributed by atoms with E-state index in [1.54, 1.807) is 37.4 Å². The van der Waals surface area contributed by atoms with Crippen LogP contribution in [-0.2, 0) is 0 Å². The van der Waals surface area contributed by atoms with E-state index in [0.717, 1.165) is 31.9 Å². The van der Waals surface area contributed by atoms with Gasteiger partial charge in [0.15, 0.2) is 0 Å². The van der Waals surface area contributed by atoms with Crippen molar-refractivity contribution < 1.29 is 19.8 Å². The molecule has 3 N–H and O–H groups in total. The predicted octanol–water partition coefficient (Wildman–Crippen LogP) is 1.24. The quantitative estimate of drug-likeness (QED) is 0.619. The minimum atomic E-state index is -0.488. The molecule has 26 heavy (non-hydrogen) atoms. The number of benzene rings is 2. The van der Waals surface area contributed by atoms with Gasteiger partial charge in [-0.05, 0) is 30.3 Å². The number of ether oxygens (including phenoxy) is 1. The van der Waals surface area contributed by atoms with Gasteiger partial charge in [0.1, 0.15) is 5.75 Å². The Labute approximate surface area is 150 Å². The van der Waals surface area contributed by atoms with Gasteiger partial charge < -0.3 is 20.3 Å². The number of methoxy groups -OCH3 is 1. The maximum atomic E-state index is 12.8. The van der Waals surface area contributed by atoms with Crippen molar-refractivity contribution in [3.8, 4) is 5.75 Å². The first-order chi connectivity index (χ1) is 12.6. The average molecular weight is 357 g/mol. The van der Waals surface area contributed by atoms with Gasteiger partial charge in [0.2, 0.25) is 0 Å².